The summed E-state index contributed by atoms with van der Waals surface area (Å²) in [5.74, 6) is -0.364. The van der Waals surface area contributed by atoms with Crippen molar-refractivity contribution in [3.63, 3.8) is 0 Å². The third-order valence-electron chi connectivity index (χ3n) is 3.46. The molecule has 1 aromatic carbocycles. The van der Waals surface area contributed by atoms with Crippen LogP contribution in [0.2, 0.25) is 0 Å². The van der Waals surface area contributed by atoms with Crippen LogP contribution in [0.1, 0.15) is 31.4 Å². The second-order valence-electron chi connectivity index (χ2n) is 5.29. The van der Waals surface area contributed by atoms with E-state index in [2.05, 4.69) is 20.0 Å². The van der Waals surface area contributed by atoms with E-state index in [1.807, 2.05) is 24.3 Å². The number of nitrogens with one attached hydrogen (secondary N) is 1. The molecule has 1 N–H and O–H groups in total. The fourth-order valence-corrected chi connectivity index (χ4v) is 2.16. The van der Waals surface area contributed by atoms with Gasteiger partial charge in [0.05, 0.1) is 30.0 Å². The first-order valence-electron chi connectivity index (χ1n) is 7.93. The third kappa shape index (κ3) is 5.79. The van der Waals surface area contributed by atoms with E-state index < -0.39 is 0 Å². The van der Waals surface area contributed by atoms with Crippen LogP contribution in [0.25, 0.3) is 17.1 Å². The lowest BCUT2D eigenvalue weighted by molar-refractivity contribution is -0.140. The zero-order chi connectivity index (χ0) is 17.2. The van der Waals surface area contributed by atoms with E-state index in [0.29, 0.717) is 18.7 Å². The molecule has 0 radical (unpaired) electrons. The number of amides is 1. The molecule has 0 fully saturated rings. The van der Waals surface area contributed by atoms with Gasteiger partial charge in [-0.2, -0.15) is 0 Å². The molecule has 1 amide bonds. The van der Waals surface area contributed by atoms with Crippen molar-refractivity contribution in [3.05, 3.63) is 42.2 Å². The van der Waals surface area contributed by atoms with Gasteiger partial charge in [0.15, 0.2) is 0 Å². The Morgan fingerprint density at radius 3 is 2.75 bits per heavy atom. The first-order valence-corrected chi connectivity index (χ1v) is 7.93. The summed E-state index contributed by atoms with van der Waals surface area (Å²) < 4.78 is 4.57. The van der Waals surface area contributed by atoms with Gasteiger partial charge in [-0.1, -0.05) is 18.6 Å². The number of fused-ring (bicyclic) bond motifs is 1. The average Bonchev–Trinajstić information content (AvgIpc) is 2.62. The fourth-order valence-electron chi connectivity index (χ4n) is 2.16. The van der Waals surface area contributed by atoms with Crippen molar-refractivity contribution in [1.29, 1.82) is 0 Å². The number of aromatic nitrogens is 2. The molecule has 0 unspecified atom stereocenters. The van der Waals surface area contributed by atoms with Crippen molar-refractivity contribution in [2.45, 2.75) is 25.7 Å². The summed E-state index contributed by atoms with van der Waals surface area (Å²) >= 11 is 0. The lowest BCUT2D eigenvalue weighted by Crippen LogP contribution is -2.22. The number of ether oxygens (including phenoxy) is 1. The van der Waals surface area contributed by atoms with Gasteiger partial charge in [-0.15, -0.1) is 0 Å². The molecule has 1 aromatic heterocycles. The van der Waals surface area contributed by atoms with Gasteiger partial charge in [0.25, 0.3) is 0 Å². The number of hydrogen-bond donors (Lipinski definition) is 1. The number of carbonyl (C=O) groups excluding carboxylic acids is 2. The Balaban J connectivity index is 1.71. The van der Waals surface area contributed by atoms with Crippen LogP contribution < -0.4 is 5.32 Å². The second-order valence-corrected chi connectivity index (χ2v) is 5.29. The number of rotatable bonds is 8. The topological polar surface area (TPSA) is 81.2 Å². The van der Waals surface area contributed by atoms with Gasteiger partial charge in [0.1, 0.15) is 0 Å². The van der Waals surface area contributed by atoms with Gasteiger partial charge in [0.2, 0.25) is 5.91 Å². The van der Waals surface area contributed by atoms with Gasteiger partial charge < -0.3 is 10.1 Å². The lowest BCUT2D eigenvalue weighted by atomic mass is 10.2. The standard InChI is InChI=1S/C18H21N3O3/c1-24-18(23)9-3-2-6-12-19-17(22)11-10-14-13-20-15-7-4-5-8-16(15)21-14/h4-5,7-8,10-11,13H,2-3,6,9,12H2,1H3,(H,19,22)/b11-10+. The Kier molecular flexibility index (Phi) is 6.89. The molecule has 0 bridgehead atoms. The molecule has 0 saturated heterocycles. The van der Waals surface area contributed by atoms with Crippen LogP contribution in [0.15, 0.2) is 36.5 Å². The van der Waals surface area contributed by atoms with E-state index in [4.69, 9.17) is 0 Å². The SMILES string of the molecule is COC(=O)CCCCCNC(=O)/C=C/c1cnc2ccccc2n1. The number of para-hydroxylation sites is 2. The molecule has 0 atom stereocenters. The summed E-state index contributed by atoms with van der Waals surface area (Å²) in [6.45, 7) is 0.577. The molecule has 0 aliphatic rings. The molecular weight excluding hydrogens is 306 g/mol. The predicted octanol–water partition coefficient (Wildman–Crippen LogP) is 2.49. The maximum Gasteiger partial charge on any atom is 0.305 e. The van der Waals surface area contributed by atoms with Gasteiger partial charge in [-0.05, 0) is 31.1 Å². The minimum Gasteiger partial charge on any atom is -0.469 e. The summed E-state index contributed by atoms with van der Waals surface area (Å²) in [5, 5.41) is 2.80. The van der Waals surface area contributed by atoms with E-state index in [1.165, 1.54) is 13.2 Å². The molecule has 2 aromatic rings. The van der Waals surface area contributed by atoms with E-state index in [0.717, 1.165) is 30.3 Å². The molecule has 0 spiro atoms. The number of carbonyl (C=O) groups is 2. The van der Waals surface area contributed by atoms with Gasteiger partial charge in [-0.3, -0.25) is 14.6 Å². The summed E-state index contributed by atoms with van der Waals surface area (Å²) in [5.41, 5.74) is 2.26. The molecule has 2 rings (SSSR count). The average molecular weight is 327 g/mol. The first-order chi connectivity index (χ1) is 11.7. The highest BCUT2D eigenvalue weighted by atomic mass is 16.5. The number of esters is 1. The molecule has 0 saturated carbocycles. The van der Waals surface area contributed by atoms with Gasteiger partial charge in [-0.25, -0.2) is 4.98 Å². The first kappa shape index (κ1) is 17.6. The normalized spacial score (nSPS) is 10.9. The minimum absolute atomic E-state index is 0.169. The number of unbranched alkanes of at least 4 members (excludes halogenated alkanes) is 2. The third-order valence-corrected chi connectivity index (χ3v) is 3.46. The van der Waals surface area contributed by atoms with Crippen LogP contribution >= 0.6 is 0 Å². The quantitative estimate of drug-likeness (QED) is 0.458. The Hall–Kier alpha value is -2.76. The second kappa shape index (κ2) is 9.39. The Morgan fingerprint density at radius 1 is 1.17 bits per heavy atom. The summed E-state index contributed by atoms with van der Waals surface area (Å²) in [6, 6.07) is 7.58. The minimum atomic E-state index is -0.196. The van der Waals surface area contributed by atoms with Crippen molar-refractivity contribution >= 4 is 29.0 Å². The molecule has 6 heteroatoms. The van der Waals surface area contributed by atoms with Crippen molar-refractivity contribution in [2.75, 3.05) is 13.7 Å². The maximum absolute atomic E-state index is 11.7. The highest BCUT2D eigenvalue weighted by Gasteiger charge is 2.00. The lowest BCUT2D eigenvalue weighted by Gasteiger charge is -2.02. The van der Waals surface area contributed by atoms with Crippen molar-refractivity contribution in [1.82, 2.24) is 15.3 Å². The summed E-state index contributed by atoms with van der Waals surface area (Å²) in [4.78, 5) is 31.4. The largest absolute Gasteiger partial charge is 0.469 e. The van der Waals surface area contributed by atoms with Crippen LogP contribution in [-0.4, -0.2) is 35.5 Å². The summed E-state index contributed by atoms with van der Waals surface area (Å²) in [6.07, 6.45) is 7.62. The molecule has 1 heterocycles. The molecule has 0 aliphatic heterocycles. The van der Waals surface area contributed by atoms with Crippen LogP contribution in [0.4, 0.5) is 0 Å². The van der Waals surface area contributed by atoms with E-state index in [9.17, 15) is 9.59 Å². The smallest absolute Gasteiger partial charge is 0.305 e. The number of nitrogens with zero attached hydrogens (tertiary/aromatic N) is 2. The zero-order valence-electron chi connectivity index (χ0n) is 13.7. The number of hydrogen-bond acceptors (Lipinski definition) is 5. The number of methoxy groups -OCH3 is 1. The predicted molar refractivity (Wildman–Crippen MR) is 92.1 cm³/mol. The van der Waals surface area contributed by atoms with Crippen LogP contribution in [0.3, 0.4) is 0 Å². The van der Waals surface area contributed by atoms with Crippen LogP contribution in [0, 0.1) is 0 Å². The van der Waals surface area contributed by atoms with E-state index >= 15 is 0 Å². The van der Waals surface area contributed by atoms with Gasteiger partial charge >= 0.3 is 5.97 Å². The Labute approximate surface area is 140 Å². The Bertz CT molecular complexity index is 728. The van der Waals surface area contributed by atoms with Crippen LogP contribution in [0.5, 0.6) is 0 Å². The zero-order valence-corrected chi connectivity index (χ0v) is 13.7. The van der Waals surface area contributed by atoms with Crippen molar-refractivity contribution in [3.8, 4) is 0 Å². The molecule has 24 heavy (non-hydrogen) atoms. The monoisotopic (exact) mass is 327 g/mol. The summed E-state index contributed by atoms with van der Waals surface area (Å²) in [7, 11) is 1.38. The number of benzene rings is 1. The van der Waals surface area contributed by atoms with E-state index in [-0.39, 0.29) is 11.9 Å². The van der Waals surface area contributed by atoms with E-state index in [1.54, 1.807) is 12.3 Å². The molecule has 0 aliphatic carbocycles. The molecule has 126 valence electrons. The highest BCUT2D eigenvalue weighted by Crippen LogP contribution is 2.09. The highest BCUT2D eigenvalue weighted by molar-refractivity contribution is 5.91. The van der Waals surface area contributed by atoms with Crippen LogP contribution in [-0.2, 0) is 14.3 Å². The molecular formula is C18H21N3O3. The molecule has 6 nitrogen and oxygen atoms in total. The van der Waals surface area contributed by atoms with Gasteiger partial charge in [0, 0.05) is 19.0 Å². The fraction of sp³-hybridized carbons (Fsp3) is 0.333. The van der Waals surface area contributed by atoms with Crippen molar-refractivity contribution in [2.24, 2.45) is 0 Å². The maximum atomic E-state index is 11.7. The van der Waals surface area contributed by atoms with Crippen molar-refractivity contribution < 1.29 is 14.3 Å². The Morgan fingerprint density at radius 2 is 1.96 bits per heavy atom.